The van der Waals surface area contributed by atoms with E-state index >= 15 is 0 Å². The molecule has 2 rings (SSSR count). The molecule has 0 aliphatic rings. The van der Waals surface area contributed by atoms with Gasteiger partial charge in [-0.05, 0) is 44.5 Å². The van der Waals surface area contributed by atoms with Gasteiger partial charge < -0.3 is 16.8 Å². The molecule has 31 heavy (non-hydrogen) atoms. The van der Waals surface area contributed by atoms with E-state index in [2.05, 4.69) is 42.6 Å². The normalized spacial score (nSPS) is 9.77. The quantitative estimate of drug-likeness (QED) is 0.266. The monoisotopic (exact) mass is 427 g/mol. The van der Waals surface area contributed by atoms with Gasteiger partial charge in [-0.3, -0.25) is 4.79 Å². The average Bonchev–Trinajstić information content (AvgIpc) is 2.83. The lowest BCUT2D eigenvalue weighted by atomic mass is 10.1. The molecule has 0 fully saturated rings. The zero-order valence-electron chi connectivity index (χ0n) is 19.6. The van der Waals surface area contributed by atoms with Crippen LogP contribution in [0.15, 0.2) is 60.7 Å². The number of carbonyl (C=O) groups is 1. The van der Waals surface area contributed by atoms with Gasteiger partial charge in [0.1, 0.15) is 6.29 Å². The Hall–Kier alpha value is -2.01. The smallest absolute Gasteiger partial charge is 0.150 e. The van der Waals surface area contributed by atoms with Gasteiger partial charge in [0.15, 0.2) is 0 Å². The maximum Gasteiger partial charge on any atom is 0.150 e. The molecule has 0 amide bonds. The molecule has 0 radical (unpaired) electrons. The molecule has 4 nitrogen and oxygen atoms in total. The Balaban J connectivity index is 0.000000477. The summed E-state index contributed by atoms with van der Waals surface area (Å²) in [4.78, 5) is 10.0. The number of hydrogen-bond donors (Lipinski definition) is 3. The Morgan fingerprint density at radius 1 is 0.710 bits per heavy atom. The number of unbranched alkanes of at least 4 members (excludes halogenated alkanes) is 7. The highest BCUT2D eigenvalue weighted by Gasteiger charge is 1.91. The van der Waals surface area contributed by atoms with E-state index in [0.29, 0.717) is 0 Å². The fraction of sp³-hybridized carbons (Fsp3) is 0.519. The number of aldehydes is 1. The van der Waals surface area contributed by atoms with Crippen LogP contribution in [-0.4, -0.2) is 25.9 Å². The van der Waals surface area contributed by atoms with Crippen molar-refractivity contribution < 1.29 is 4.79 Å². The highest BCUT2D eigenvalue weighted by molar-refractivity contribution is 5.74. The zero-order chi connectivity index (χ0) is 22.8. The van der Waals surface area contributed by atoms with Crippen LogP contribution in [0.5, 0.6) is 0 Å². The van der Waals surface area contributed by atoms with Crippen molar-refractivity contribution in [1.29, 1.82) is 0 Å². The van der Waals surface area contributed by atoms with E-state index in [9.17, 15) is 4.79 Å². The second-order valence-electron chi connectivity index (χ2n) is 7.60. The van der Waals surface area contributed by atoms with Crippen LogP contribution in [0.25, 0.3) is 0 Å². The van der Waals surface area contributed by atoms with E-state index < -0.39 is 0 Å². The van der Waals surface area contributed by atoms with Crippen LogP contribution < -0.4 is 16.8 Å². The van der Waals surface area contributed by atoms with Crippen LogP contribution in [0.1, 0.15) is 80.6 Å². The van der Waals surface area contributed by atoms with Gasteiger partial charge in [0, 0.05) is 12.1 Å². The second-order valence-corrected chi connectivity index (χ2v) is 7.60. The Morgan fingerprint density at radius 3 is 1.71 bits per heavy atom. The van der Waals surface area contributed by atoms with E-state index in [-0.39, 0.29) is 0 Å². The fourth-order valence-electron chi connectivity index (χ4n) is 2.86. The first-order valence-electron chi connectivity index (χ1n) is 11.9. The van der Waals surface area contributed by atoms with Gasteiger partial charge in [-0.25, -0.2) is 0 Å². The zero-order valence-corrected chi connectivity index (χ0v) is 19.6. The number of rotatable bonds is 14. The van der Waals surface area contributed by atoms with Crippen LogP contribution in [0.4, 0.5) is 0 Å². The minimum atomic E-state index is 0.729. The maximum absolute atomic E-state index is 10.0. The molecule has 4 heteroatoms. The lowest BCUT2D eigenvalue weighted by Crippen LogP contribution is -2.14. The Labute approximate surface area is 190 Å². The molecular formula is C27H45N3O. The van der Waals surface area contributed by atoms with Crippen molar-refractivity contribution in [2.24, 2.45) is 11.5 Å². The average molecular weight is 428 g/mol. The Bertz CT molecular complexity index is 584. The lowest BCUT2D eigenvalue weighted by Gasteiger charge is -2.04. The van der Waals surface area contributed by atoms with Crippen molar-refractivity contribution in [1.82, 2.24) is 5.32 Å². The highest BCUT2D eigenvalue weighted by Crippen LogP contribution is 2.02. The lowest BCUT2D eigenvalue weighted by molar-refractivity contribution is 0.112. The topological polar surface area (TPSA) is 81.1 Å². The molecule has 0 saturated carbocycles. The van der Waals surface area contributed by atoms with Crippen molar-refractivity contribution in [3.8, 4) is 0 Å². The van der Waals surface area contributed by atoms with E-state index in [1.807, 2.05) is 18.2 Å². The number of benzene rings is 2. The fourth-order valence-corrected chi connectivity index (χ4v) is 2.86. The first-order chi connectivity index (χ1) is 15.3. The third-order valence-electron chi connectivity index (χ3n) is 4.72. The molecule has 0 aliphatic carbocycles. The molecule has 0 spiro atoms. The van der Waals surface area contributed by atoms with Crippen LogP contribution >= 0.6 is 0 Å². The predicted octanol–water partition coefficient (Wildman–Crippen LogP) is 5.71. The third-order valence-corrected chi connectivity index (χ3v) is 4.72. The minimum absolute atomic E-state index is 0.729. The molecule has 0 unspecified atom stereocenters. The van der Waals surface area contributed by atoms with Crippen LogP contribution in [0.3, 0.4) is 0 Å². The number of nitrogens with one attached hydrogen (secondary N) is 1. The van der Waals surface area contributed by atoms with Crippen LogP contribution in [0.2, 0.25) is 0 Å². The first-order valence-corrected chi connectivity index (χ1v) is 11.9. The predicted molar refractivity (Wildman–Crippen MR) is 135 cm³/mol. The summed E-state index contributed by atoms with van der Waals surface area (Å²) in [5, 5.41) is 3.48. The molecule has 0 saturated heterocycles. The standard InChI is InChI=1S/C14H23N.C7H6O.C6H16N2/c1-2-3-4-5-9-12-15-13-14-10-7-6-8-11-14;8-6-7-4-2-1-3-5-7;7-5-3-1-2-4-6-8/h6-8,10-11,15H,2-5,9,12-13H2,1H3;1-6H;1-8H2. The van der Waals surface area contributed by atoms with Gasteiger partial charge in [0.2, 0.25) is 0 Å². The summed E-state index contributed by atoms with van der Waals surface area (Å²) >= 11 is 0. The van der Waals surface area contributed by atoms with Crippen molar-refractivity contribution in [3.63, 3.8) is 0 Å². The van der Waals surface area contributed by atoms with Crippen molar-refractivity contribution in [3.05, 3.63) is 71.8 Å². The molecule has 2 aromatic carbocycles. The van der Waals surface area contributed by atoms with E-state index in [0.717, 1.165) is 50.9 Å². The van der Waals surface area contributed by atoms with E-state index in [1.165, 1.54) is 50.5 Å². The number of nitrogens with two attached hydrogens (primary N) is 2. The minimum Gasteiger partial charge on any atom is -0.330 e. The van der Waals surface area contributed by atoms with Crippen LogP contribution in [0, 0.1) is 0 Å². The first kappa shape index (κ1) is 29.0. The molecule has 5 N–H and O–H groups in total. The summed E-state index contributed by atoms with van der Waals surface area (Å²) in [5.41, 5.74) is 12.7. The largest absolute Gasteiger partial charge is 0.330 e. The highest BCUT2D eigenvalue weighted by atomic mass is 16.1. The number of carbonyl (C=O) groups excluding carboxylic acids is 1. The number of hydrogen-bond acceptors (Lipinski definition) is 4. The molecule has 0 aliphatic heterocycles. The molecule has 0 heterocycles. The summed E-state index contributed by atoms with van der Waals surface area (Å²) in [6.45, 7) is 6.07. The van der Waals surface area contributed by atoms with Gasteiger partial charge in [0.05, 0.1) is 0 Å². The summed E-state index contributed by atoms with van der Waals surface area (Å²) < 4.78 is 0. The van der Waals surface area contributed by atoms with Gasteiger partial charge >= 0.3 is 0 Å². The maximum atomic E-state index is 10.0. The Morgan fingerprint density at radius 2 is 1.23 bits per heavy atom. The molecule has 2 aromatic rings. The SMILES string of the molecule is CCCCCCCNCc1ccccc1.NCCCCCCN.O=Cc1ccccc1. The molecule has 0 atom stereocenters. The second kappa shape index (κ2) is 24.3. The third kappa shape index (κ3) is 21.0. The van der Waals surface area contributed by atoms with E-state index in [1.54, 1.807) is 12.1 Å². The molecular weight excluding hydrogens is 382 g/mol. The van der Waals surface area contributed by atoms with Crippen molar-refractivity contribution >= 4 is 6.29 Å². The van der Waals surface area contributed by atoms with Gasteiger partial charge in [-0.1, -0.05) is 106 Å². The van der Waals surface area contributed by atoms with Gasteiger partial charge in [-0.15, -0.1) is 0 Å². The molecule has 174 valence electrons. The summed E-state index contributed by atoms with van der Waals surface area (Å²) in [5.74, 6) is 0. The summed E-state index contributed by atoms with van der Waals surface area (Å²) in [6, 6.07) is 19.7. The van der Waals surface area contributed by atoms with Crippen molar-refractivity contribution in [2.45, 2.75) is 71.3 Å². The van der Waals surface area contributed by atoms with Crippen LogP contribution in [-0.2, 0) is 6.54 Å². The van der Waals surface area contributed by atoms with E-state index in [4.69, 9.17) is 11.5 Å². The van der Waals surface area contributed by atoms with Gasteiger partial charge in [0.25, 0.3) is 0 Å². The van der Waals surface area contributed by atoms with Crippen molar-refractivity contribution in [2.75, 3.05) is 19.6 Å². The summed E-state index contributed by atoms with van der Waals surface area (Å²) in [7, 11) is 0. The molecule has 0 aromatic heterocycles. The Kier molecular flexibility index (Phi) is 22.7. The molecule has 0 bridgehead atoms. The summed E-state index contributed by atoms with van der Waals surface area (Å²) in [6.07, 6.45) is 12.4. The van der Waals surface area contributed by atoms with Gasteiger partial charge in [-0.2, -0.15) is 0 Å².